The number of hydrogen-bond acceptors (Lipinski definition) is 4. The molecule has 0 heterocycles. The van der Waals surface area contributed by atoms with Crippen molar-refractivity contribution in [3.05, 3.63) is 137 Å². The van der Waals surface area contributed by atoms with E-state index in [0.717, 1.165) is 33.6 Å². The van der Waals surface area contributed by atoms with Gasteiger partial charge in [-0.25, -0.2) is 4.79 Å². The quantitative estimate of drug-likeness (QED) is 0.228. The number of alkyl carbamates (subject to hydrolysis) is 1. The molecule has 1 atom stereocenters. The van der Waals surface area contributed by atoms with Crippen LogP contribution in [-0.4, -0.2) is 18.8 Å². The molecule has 0 saturated carbocycles. The van der Waals surface area contributed by atoms with Crippen LogP contribution in [0.4, 0.5) is 4.79 Å². The second-order valence-electron chi connectivity index (χ2n) is 10.5. The van der Waals surface area contributed by atoms with Crippen LogP contribution in [0.15, 0.2) is 109 Å². The summed E-state index contributed by atoms with van der Waals surface area (Å²) < 4.78 is 17.8. The summed E-state index contributed by atoms with van der Waals surface area (Å²) in [4.78, 5) is 12.3. The molecule has 202 valence electrons. The minimum Gasteiger partial charge on any atom is -0.497 e. The molecule has 39 heavy (non-hydrogen) atoms. The summed E-state index contributed by atoms with van der Waals surface area (Å²) in [5.41, 5.74) is 3.60. The Bertz CT molecular complexity index is 1310. The lowest BCUT2D eigenvalue weighted by molar-refractivity contribution is 0.000183. The van der Waals surface area contributed by atoms with Gasteiger partial charge in [0.15, 0.2) is 0 Å². The molecule has 1 N–H and O–H groups in total. The molecule has 1 amide bonds. The van der Waals surface area contributed by atoms with Crippen LogP contribution >= 0.6 is 0 Å². The number of carbonyl (C=O) groups excluding carboxylic acids is 1. The summed E-state index contributed by atoms with van der Waals surface area (Å²) in [5.74, 6) is 0.785. The third-order valence-electron chi connectivity index (χ3n) is 6.50. The molecule has 4 rings (SSSR count). The fraction of sp³-hybridized carbons (Fsp3) is 0.265. The van der Waals surface area contributed by atoms with E-state index in [0.29, 0.717) is 6.61 Å². The minimum absolute atomic E-state index is 0.227. The Morgan fingerprint density at radius 2 is 1.33 bits per heavy atom. The maximum absolute atomic E-state index is 12.3. The molecule has 1 unspecified atom stereocenters. The van der Waals surface area contributed by atoms with E-state index >= 15 is 0 Å². The van der Waals surface area contributed by atoms with E-state index in [1.54, 1.807) is 7.11 Å². The number of amides is 1. The van der Waals surface area contributed by atoms with Gasteiger partial charge in [0.05, 0.1) is 19.8 Å². The molecular weight excluding hydrogens is 486 g/mol. The van der Waals surface area contributed by atoms with Gasteiger partial charge < -0.3 is 19.5 Å². The van der Waals surface area contributed by atoms with E-state index in [4.69, 9.17) is 14.2 Å². The van der Waals surface area contributed by atoms with Crippen LogP contribution in [0.2, 0.25) is 0 Å². The minimum atomic E-state index is -0.856. The zero-order valence-electron chi connectivity index (χ0n) is 23.3. The molecule has 0 bridgehead atoms. The Morgan fingerprint density at radius 3 is 1.87 bits per heavy atom. The molecular formula is C34H37NO4. The maximum atomic E-state index is 12.3. The third kappa shape index (κ3) is 6.87. The Kier molecular flexibility index (Phi) is 8.72. The number of rotatable bonds is 9. The van der Waals surface area contributed by atoms with E-state index in [2.05, 4.69) is 47.8 Å². The summed E-state index contributed by atoms with van der Waals surface area (Å²) >= 11 is 0. The highest BCUT2D eigenvalue weighted by Crippen LogP contribution is 2.41. The van der Waals surface area contributed by atoms with Crippen LogP contribution in [0.5, 0.6) is 5.75 Å². The van der Waals surface area contributed by atoms with Crippen LogP contribution < -0.4 is 10.1 Å². The summed E-state index contributed by atoms with van der Waals surface area (Å²) in [6.07, 6.45) is -0.441. The zero-order chi connectivity index (χ0) is 27.9. The van der Waals surface area contributed by atoms with Crippen molar-refractivity contribution in [3.8, 4) is 5.75 Å². The lowest BCUT2D eigenvalue weighted by Gasteiger charge is -2.36. The maximum Gasteiger partial charge on any atom is 0.408 e. The Labute approximate surface area is 231 Å². The van der Waals surface area contributed by atoms with Crippen molar-refractivity contribution in [3.63, 3.8) is 0 Å². The first-order valence-electron chi connectivity index (χ1n) is 13.2. The second kappa shape index (κ2) is 12.2. The monoisotopic (exact) mass is 523 g/mol. The molecule has 4 aromatic rings. The molecule has 5 nitrogen and oxygen atoms in total. The first-order valence-corrected chi connectivity index (χ1v) is 13.2. The van der Waals surface area contributed by atoms with Crippen molar-refractivity contribution in [2.24, 2.45) is 0 Å². The van der Waals surface area contributed by atoms with Crippen LogP contribution in [0.3, 0.4) is 0 Å². The zero-order valence-corrected chi connectivity index (χ0v) is 23.3. The molecule has 0 aliphatic carbocycles. The summed E-state index contributed by atoms with van der Waals surface area (Å²) in [6.45, 7) is 7.85. The van der Waals surface area contributed by atoms with Crippen LogP contribution in [0.25, 0.3) is 0 Å². The van der Waals surface area contributed by atoms with Crippen molar-refractivity contribution in [1.82, 2.24) is 5.32 Å². The van der Waals surface area contributed by atoms with E-state index in [1.165, 1.54) is 0 Å². The molecule has 0 spiro atoms. The Balaban J connectivity index is 1.68. The molecule has 0 fully saturated rings. The number of nitrogens with one attached hydrogen (secondary N) is 1. The van der Waals surface area contributed by atoms with E-state index in [-0.39, 0.29) is 6.04 Å². The average Bonchev–Trinajstić information content (AvgIpc) is 2.94. The van der Waals surface area contributed by atoms with Crippen molar-refractivity contribution in [1.29, 1.82) is 0 Å². The van der Waals surface area contributed by atoms with Gasteiger partial charge in [0.25, 0.3) is 0 Å². The number of carbonyl (C=O) groups is 1. The summed E-state index contributed by atoms with van der Waals surface area (Å²) in [7, 11) is 1.67. The fourth-order valence-corrected chi connectivity index (χ4v) is 4.63. The van der Waals surface area contributed by atoms with Crippen molar-refractivity contribution >= 4 is 6.09 Å². The molecule has 0 aliphatic rings. The molecule has 5 heteroatoms. The highest BCUT2D eigenvalue weighted by atomic mass is 16.6. The van der Waals surface area contributed by atoms with Gasteiger partial charge in [0.2, 0.25) is 0 Å². The van der Waals surface area contributed by atoms with Gasteiger partial charge in [0, 0.05) is 0 Å². The first-order chi connectivity index (χ1) is 18.7. The number of benzene rings is 4. The predicted molar refractivity (Wildman–Crippen MR) is 155 cm³/mol. The van der Waals surface area contributed by atoms with Gasteiger partial charge in [0.1, 0.15) is 17.0 Å². The number of methoxy groups -OCH3 is 1. The fourth-order valence-electron chi connectivity index (χ4n) is 4.63. The van der Waals surface area contributed by atoms with E-state index in [9.17, 15) is 4.79 Å². The highest BCUT2D eigenvalue weighted by Gasteiger charge is 2.37. The highest BCUT2D eigenvalue weighted by molar-refractivity contribution is 5.68. The van der Waals surface area contributed by atoms with Gasteiger partial charge >= 0.3 is 6.09 Å². The van der Waals surface area contributed by atoms with Gasteiger partial charge in [-0.05, 0) is 67.6 Å². The Morgan fingerprint density at radius 1 is 0.769 bits per heavy atom. The first kappa shape index (κ1) is 27.9. The van der Waals surface area contributed by atoms with Crippen molar-refractivity contribution in [2.75, 3.05) is 7.11 Å². The van der Waals surface area contributed by atoms with Crippen LogP contribution in [0.1, 0.15) is 61.6 Å². The third-order valence-corrected chi connectivity index (χ3v) is 6.50. The molecule has 0 saturated heterocycles. The Hall–Kier alpha value is -4.09. The SMILES string of the molecule is COc1ccc(C(OCc2cccc(C(C)NC(=O)OC(C)(C)C)c2)(c2ccccc2)c2ccccc2)cc1. The smallest absolute Gasteiger partial charge is 0.408 e. The summed E-state index contributed by atoms with van der Waals surface area (Å²) in [6, 6.07) is 36.4. The standard InChI is InChI=1S/C34H37NO4/c1-25(35-32(36)39-33(2,3)4)27-14-12-13-26(23-27)24-38-34(28-15-8-6-9-16-28,29-17-10-7-11-18-29)30-19-21-31(37-5)22-20-30/h6-23,25H,24H2,1-5H3,(H,35,36). The molecule has 0 radical (unpaired) electrons. The lowest BCUT2D eigenvalue weighted by Crippen LogP contribution is -2.34. The summed E-state index contributed by atoms with van der Waals surface area (Å²) in [5, 5.41) is 2.93. The molecule has 0 aromatic heterocycles. The van der Waals surface area contributed by atoms with E-state index in [1.807, 2.05) is 94.4 Å². The van der Waals surface area contributed by atoms with Gasteiger partial charge in [-0.15, -0.1) is 0 Å². The molecule has 0 aliphatic heterocycles. The lowest BCUT2D eigenvalue weighted by atomic mass is 9.80. The number of ether oxygens (including phenoxy) is 3. The normalized spacial score (nSPS) is 12.4. The largest absolute Gasteiger partial charge is 0.497 e. The van der Waals surface area contributed by atoms with Gasteiger partial charge in [-0.1, -0.05) is 97.1 Å². The topological polar surface area (TPSA) is 56.8 Å². The van der Waals surface area contributed by atoms with Crippen molar-refractivity contribution in [2.45, 2.75) is 51.5 Å². The number of hydrogen-bond donors (Lipinski definition) is 1. The average molecular weight is 524 g/mol. The second-order valence-corrected chi connectivity index (χ2v) is 10.5. The van der Waals surface area contributed by atoms with Gasteiger partial charge in [-0.3, -0.25) is 0 Å². The van der Waals surface area contributed by atoms with Crippen LogP contribution in [0, 0.1) is 0 Å². The predicted octanol–water partition coefficient (Wildman–Crippen LogP) is 7.79. The van der Waals surface area contributed by atoms with Crippen LogP contribution in [-0.2, 0) is 21.7 Å². The van der Waals surface area contributed by atoms with E-state index < -0.39 is 17.3 Å². The van der Waals surface area contributed by atoms with Gasteiger partial charge in [-0.2, -0.15) is 0 Å². The van der Waals surface area contributed by atoms with Crippen molar-refractivity contribution < 1.29 is 19.0 Å². The molecule has 4 aromatic carbocycles.